The van der Waals surface area contributed by atoms with E-state index in [1.54, 1.807) is 6.07 Å². The number of aliphatic hydroxyl groups excluding tert-OH is 1. The summed E-state index contributed by atoms with van der Waals surface area (Å²) in [6.45, 7) is 4.40. The maximum Gasteiger partial charge on any atom is 0.122 e. The number of halogens is 1. The lowest BCUT2D eigenvalue weighted by molar-refractivity contribution is -0.221. The summed E-state index contributed by atoms with van der Waals surface area (Å²) in [5, 5.41) is 20.9. The third kappa shape index (κ3) is 10.5. The van der Waals surface area contributed by atoms with Crippen LogP contribution in [0.1, 0.15) is 66.5 Å². The van der Waals surface area contributed by atoms with E-state index < -0.39 is 18.3 Å². The second-order valence-corrected chi connectivity index (χ2v) is 12.5. The van der Waals surface area contributed by atoms with Crippen LogP contribution in [-0.2, 0) is 38.6 Å². The molecule has 0 bridgehead atoms. The zero-order valence-electron chi connectivity index (χ0n) is 27.6. The monoisotopic (exact) mass is 674 g/mol. The Kier molecular flexibility index (Phi) is 14.2. The van der Waals surface area contributed by atoms with Gasteiger partial charge in [-0.25, -0.2) is 0 Å². The van der Waals surface area contributed by atoms with Crippen LogP contribution in [0.2, 0.25) is 5.02 Å². The number of hydrogen-bond acceptors (Lipinski definition) is 7. The molecule has 0 spiro atoms. The van der Waals surface area contributed by atoms with Crippen LogP contribution in [0.25, 0.3) is 0 Å². The van der Waals surface area contributed by atoms with Crippen LogP contribution in [0.5, 0.6) is 11.5 Å². The molecule has 1 saturated heterocycles. The molecular weight excluding hydrogens is 628 g/mol. The highest BCUT2D eigenvalue weighted by molar-refractivity contribution is 6.31. The normalized spacial score (nSPS) is 19.3. The molecule has 0 amide bonds. The van der Waals surface area contributed by atoms with Crippen molar-refractivity contribution in [2.75, 3.05) is 26.4 Å². The van der Waals surface area contributed by atoms with Gasteiger partial charge in [-0.3, -0.25) is 0 Å². The number of hydrogen-bond donors (Lipinski definition) is 2. The van der Waals surface area contributed by atoms with Crippen molar-refractivity contribution in [2.24, 2.45) is 0 Å². The first-order valence-electron chi connectivity index (χ1n) is 16.9. The minimum absolute atomic E-state index is 0.0783. The van der Waals surface area contributed by atoms with Gasteiger partial charge in [0, 0.05) is 30.2 Å². The molecule has 0 aliphatic carbocycles. The van der Waals surface area contributed by atoms with Crippen LogP contribution < -0.4 is 4.74 Å². The number of aromatic hydroxyl groups is 1. The summed E-state index contributed by atoms with van der Waals surface area (Å²) in [7, 11) is 0. The fraction of sp³-hybridized carbons (Fsp3) is 0.400. The topological polar surface area (TPSA) is 86.6 Å². The van der Waals surface area contributed by atoms with E-state index in [9.17, 15) is 5.11 Å². The van der Waals surface area contributed by atoms with E-state index in [0.29, 0.717) is 56.5 Å². The maximum absolute atomic E-state index is 11.2. The highest BCUT2D eigenvalue weighted by Crippen LogP contribution is 2.41. The molecule has 0 radical (unpaired) electrons. The molecule has 0 aromatic heterocycles. The van der Waals surface area contributed by atoms with Crippen LogP contribution >= 0.6 is 11.6 Å². The Morgan fingerprint density at radius 1 is 0.812 bits per heavy atom. The molecule has 2 N–H and O–H groups in total. The molecule has 4 unspecified atom stereocenters. The van der Waals surface area contributed by atoms with E-state index in [-0.39, 0.29) is 18.5 Å². The molecule has 256 valence electrons. The van der Waals surface area contributed by atoms with Gasteiger partial charge in [0.2, 0.25) is 0 Å². The lowest BCUT2D eigenvalue weighted by Crippen LogP contribution is -2.50. The fourth-order valence-electron chi connectivity index (χ4n) is 5.99. The summed E-state index contributed by atoms with van der Waals surface area (Å²) in [5.74, 6) is 0.899. The summed E-state index contributed by atoms with van der Waals surface area (Å²) >= 11 is 6.68. The van der Waals surface area contributed by atoms with Gasteiger partial charge in [-0.15, -0.1) is 0 Å². The summed E-state index contributed by atoms with van der Waals surface area (Å²) < 4.78 is 31.7. The second-order valence-electron chi connectivity index (χ2n) is 12.1. The number of unbranched alkanes of at least 4 members (excludes halogenated alkanes) is 2. The minimum atomic E-state index is -0.485. The SMILES string of the molecule is CCOc1ccc(Cc2cc(C3CC(OCc4ccccc4)C(OCc4ccccc4)C(COCCCCCO)O3)c(O)cc2Cl)cc1. The predicted molar refractivity (Wildman–Crippen MR) is 188 cm³/mol. The van der Waals surface area contributed by atoms with E-state index in [1.807, 2.05) is 97.9 Å². The van der Waals surface area contributed by atoms with Gasteiger partial charge < -0.3 is 33.9 Å². The number of phenols is 1. The van der Waals surface area contributed by atoms with Gasteiger partial charge in [-0.1, -0.05) is 84.4 Å². The summed E-state index contributed by atoms with van der Waals surface area (Å²) in [6.07, 6.45) is 1.82. The Morgan fingerprint density at radius 2 is 1.50 bits per heavy atom. The fourth-order valence-corrected chi connectivity index (χ4v) is 6.21. The van der Waals surface area contributed by atoms with Gasteiger partial charge in [-0.2, -0.15) is 0 Å². The lowest BCUT2D eigenvalue weighted by atomic mass is 9.91. The Hall–Kier alpha value is -3.43. The quantitative estimate of drug-likeness (QED) is 0.103. The van der Waals surface area contributed by atoms with Gasteiger partial charge in [-0.05, 0) is 79.1 Å². The largest absolute Gasteiger partial charge is 0.508 e. The second kappa shape index (κ2) is 18.9. The lowest BCUT2D eigenvalue weighted by Gasteiger charge is -2.42. The van der Waals surface area contributed by atoms with Crippen LogP contribution in [0.15, 0.2) is 97.1 Å². The Morgan fingerprint density at radius 3 is 2.17 bits per heavy atom. The van der Waals surface area contributed by atoms with E-state index >= 15 is 0 Å². The molecule has 4 aromatic carbocycles. The minimum Gasteiger partial charge on any atom is -0.508 e. The summed E-state index contributed by atoms with van der Waals surface area (Å²) in [6, 6.07) is 31.7. The average Bonchev–Trinajstić information content (AvgIpc) is 3.11. The number of rotatable bonds is 18. The van der Waals surface area contributed by atoms with Gasteiger partial charge in [0.1, 0.15) is 23.7 Å². The first-order valence-corrected chi connectivity index (χ1v) is 17.3. The molecule has 5 rings (SSSR count). The maximum atomic E-state index is 11.2. The van der Waals surface area contributed by atoms with Gasteiger partial charge in [0.15, 0.2) is 0 Å². The number of phenolic OH excluding ortho intramolecular Hbond substituents is 1. The van der Waals surface area contributed by atoms with Crippen molar-refractivity contribution in [2.45, 2.75) is 76.7 Å². The molecule has 48 heavy (non-hydrogen) atoms. The number of benzene rings is 4. The zero-order valence-corrected chi connectivity index (χ0v) is 28.4. The van der Waals surface area contributed by atoms with Crippen LogP contribution in [-0.4, -0.2) is 55.0 Å². The van der Waals surface area contributed by atoms with Gasteiger partial charge >= 0.3 is 0 Å². The van der Waals surface area contributed by atoms with Crippen molar-refractivity contribution in [3.05, 3.63) is 130 Å². The molecule has 4 aromatic rings. The van der Waals surface area contributed by atoms with Gasteiger partial charge in [0.05, 0.1) is 38.6 Å². The van der Waals surface area contributed by atoms with Crippen molar-refractivity contribution in [3.63, 3.8) is 0 Å². The summed E-state index contributed by atoms with van der Waals surface area (Å²) in [5.41, 5.74) is 4.74. The third-order valence-electron chi connectivity index (χ3n) is 8.51. The zero-order chi connectivity index (χ0) is 33.6. The van der Waals surface area contributed by atoms with E-state index in [4.69, 9.17) is 40.4 Å². The molecular formula is C40H47ClO7. The molecule has 8 heteroatoms. The Balaban J connectivity index is 1.40. The molecule has 1 fully saturated rings. The Bertz CT molecular complexity index is 1500. The van der Waals surface area contributed by atoms with Gasteiger partial charge in [0.25, 0.3) is 0 Å². The number of ether oxygens (including phenoxy) is 5. The first-order chi connectivity index (χ1) is 23.5. The number of aliphatic hydroxyl groups is 1. The van der Waals surface area contributed by atoms with Crippen molar-refractivity contribution in [1.29, 1.82) is 0 Å². The molecule has 1 aliphatic rings. The molecule has 7 nitrogen and oxygen atoms in total. The van der Waals surface area contributed by atoms with Crippen LogP contribution in [0, 0.1) is 0 Å². The Labute approximate surface area is 289 Å². The molecule has 0 saturated carbocycles. The highest BCUT2D eigenvalue weighted by atomic mass is 35.5. The molecule has 1 aliphatic heterocycles. The predicted octanol–water partition coefficient (Wildman–Crippen LogP) is 8.22. The summed E-state index contributed by atoms with van der Waals surface area (Å²) in [4.78, 5) is 0. The highest BCUT2D eigenvalue weighted by Gasteiger charge is 2.42. The van der Waals surface area contributed by atoms with Crippen molar-refractivity contribution < 1.29 is 33.9 Å². The molecule has 4 atom stereocenters. The van der Waals surface area contributed by atoms with Crippen LogP contribution in [0.3, 0.4) is 0 Å². The standard InChI is InChI=1S/C40H47ClO7/c1-2-45-33-18-16-29(17-19-33)22-32-23-34(36(43)24-35(32)41)37-25-38(46-26-30-12-6-3-7-13-30)40(47-27-31-14-8-4-9-15-31)39(48-37)28-44-21-11-5-10-20-42/h3-4,6-9,12-19,23-24,37-40,42-43H,2,5,10-11,20-22,25-28H2,1H3. The van der Waals surface area contributed by atoms with E-state index in [0.717, 1.165) is 47.3 Å². The average molecular weight is 675 g/mol. The smallest absolute Gasteiger partial charge is 0.122 e. The van der Waals surface area contributed by atoms with Crippen molar-refractivity contribution >= 4 is 11.6 Å². The van der Waals surface area contributed by atoms with E-state index in [2.05, 4.69) is 0 Å². The van der Waals surface area contributed by atoms with Crippen molar-refractivity contribution in [1.82, 2.24) is 0 Å². The van der Waals surface area contributed by atoms with Crippen LogP contribution in [0.4, 0.5) is 0 Å². The van der Waals surface area contributed by atoms with Crippen molar-refractivity contribution in [3.8, 4) is 11.5 Å². The first kappa shape index (κ1) is 35.9. The van der Waals surface area contributed by atoms with E-state index in [1.165, 1.54) is 0 Å². The third-order valence-corrected chi connectivity index (χ3v) is 8.86. The molecule has 1 heterocycles.